The van der Waals surface area contributed by atoms with Gasteiger partial charge in [-0.25, -0.2) is 19.2 Å². The smallest absolute Gasteiger partial charge is 0.386 e. The highest BCUT2D eigenvalue weighted by Gasteiger charge is 2.33. The number of thiazole rings is 1. The highest BCUT2D eigenvalue weighted by molar-refractivity contribution is 7.18. The Morgan fingerprint density at radius 1 is 1.06 bits per heavy atom. The highest BCUT2D eigenvalue weighted by atomic mass is 32.1. The van der Waals surface area contributed by atoms with E-state index in [1.54, 1.807) is 24.3 Å². The number of anilines is 2. The first kappa shape index (κ1) is 33.4. The maximum absolute atomic E-state index is 15.1. The lowest BCUT2D eigenvalue weighted by Crippen LogP contribution is -2.49. The van der Waals surface area contributed by atoms with Crippen LogP contribution in [0, 0.1) is 5.82 Å². The van der Waals surface area contributed by atoms with Crippen LogP contribution in [-0.2, 0) is 23.1 Å². The minimum absolute atomic E-state index is 0.129. The van der Waals surface area contributed by atoms with Gasteiger partial charge in [-0.2, -0.15) is 13.2 Å². The number of alkyl halides is 3. The molecule has 6 rings (SSSR count). The van der Waals surface area contributed by atoms with Crippen LogP contribution in [0.15, 0.2) is 48.5 Å². The van der Waals surface area contributed by atoms with Crippen LogP contribution in [0.2, 0.25) is 0 Å². The summed E-state index contributed by atoms with van der Waals surface area (Å²) in [5, 5.41) is 16.6. The summed E-state index contributed by atoms with van der Waals surface area (Å²) in [5.74, 6) is -1.50. The van der Waals surface area contributed by atoms with E-state index >= 15 is 4.39 Å². The Kier molecular flexibility index (Phi) is 8.96. The van der Waals surface area contributed by atoms with Crippen molar-refractivity contribution >= 4 is 50.8 Å². The Morgan fingerprint density at radius 3 is 2.48 bits per heavy atom. The van der Waals surface area contributed by atoms with Crippen LogP contribution in [0.3, 0.4) is 0 Å². The number of nitrogens with one attached hydrogen (secondary N) is 2. The average molecular weight is 685 g/mol. The summed E-state index contributed by atoms with van der Waals surface area (Å²) in [6.45, 7) is 5.05. The summed E-state index contributed by atoms with van der Waals surface area (Å²) in [6, 6.07) is 10.5. The van der Waals surface area contributed by atoms with Crippen molar-refractivity contribution in [1.82, 2.24) is 20.2 Å². The normalized spacial score (nSPS) is 16.8. The first-order valence-electron chi connectivity index (χ1n) is 15.3. The molecule has 4 amide bonds. The van der Waals surface area contributed by atoms with E-state index < -0.39 is 40.9 Å². The SMILES string of the molecule is CC(C)(O)c1cc2nc(C3CCN(Cc4ccc(N5CCC(=O)NC5=O)cc4F)CC3)sc2cc1NC(=O)c1cccc(C(F)(F)F)n1. The fourth-order valence-corrected chi connectivity index (χ4v) is 7.06. The second kappa shape index (κ2) is 12.9. The maximum atomic E-state index is 15.1. The number of amides is 4. The van der Waals surface area contributed by atoms with Crippen LogP contribution in [-0.4, -0.2) is 57.5 Å². The monoisotopic (exact) mass is 684 g/mol. The molecular formula is C33H32F4N6O4S. The third-order valence-corrected chi connectivity index (χ3v) is 9.64. The van der Waals surface area contributed by atoms with Crippen LogP contribution in [0.4, 0.5) is 33.7 Å². The zero-order valence-corrected chi connectivity index (χ0v) is 26.8. The number of pyridine rings is 1. The minimum atomic E-state index is -4.71. The van der Waals surface area contributed by atoms with Gasteiger partial charge in [-0.1, -0.05) is 12.1 Å². The van der Waals surface area contributed by atoms with Crippen molar-refractivity contribution in [2.24, 2.45) is 0 Å². The predicted molar refractivity (Wildman–Crippen MR) is 171 cm³/mol. The number of likely N-dealkylation sites (tertiary alicyclic amines) is 1. The second-order valence-corrected chi connectivity index (χ2v) is 13.5. The highest BCUT2D eigenvalue weighted by Crippen LogP contribution is 2.39. The van der Waals surface area contributed by atoms with Crippen LogP contribution in [0.25, 0.3) is 10.2 Å². The number of halogens is 4. The summed E-state index contributed by atoms with van der Waals surface area (Å²) in [6.07, 6.45) is -3.02. The molecular weight excluding hydrogens is 652 g/mol. The molecule has 0 unspecified atom stereocenters. The van der Waals surface area contributed by atoms with Crippen LogP contribution in [0.5, 0.6) is 0 Å². The van der Waals surface area contributed by atoms with Crippen molar-refractivity contribution in [2.75, 3.05) is 29.9 Å². The molecule has 4 heterocycles. The molecule has 0 atom stereocenters. The van der Waals surface area contributed by atoms with Crippen LogP contribution >= 0.6 is 11.3 Å². The Morgan fingerprint density at radius 2 is 1.81 bits per heavy atom. The number of benzene rings is 2. The molecule has 3 N–H and O–H groups in total. The van der Waals surface area contributed by atoms with Crippen LogP contribution in [0.1, 0.15) is 71.3 Å². The van der Waals surface area contributed by atoms with Crippen molar-refractivity contribution in [3.8, 4) is 0 Å². The molecule has 252 valence electrons. The molecule has 2 aromatic heterocycles. The maximum Gasteiger partial charge on any atom is 0.433 e. The first-order valence-corrected chi connectivity index (χ1v) is 16.1. The van der Waals surface area contributed by atoms with Gasteiger partial charge < -0.3 is 10.4 Å². The lowest BCUT2D eigenvalue weighted by molar-refractivity contribution is -0.141. The van der Waals surface area contributed by atoms with E-state index in [1.807, 2.05) is 0 Å². The average Bonchev–Trinajstić information content (AvgIpc) is 3.44. The van der Waals surface area contributed by atoms with E-state index in [9.17, 15) is 32.7 Å². The number of hydrogen-bond donors (Lipinski definition) is 3. The summed E-state index contributed by atoms with van der Waals surface area (Å²) >= 11 is 1.44. The third-order valence-electron chi connectivity index (χ3n) is 8.46. The van der Waals surface area contributed by atoms with Gasteiger partial charge in [0.05, 0.1) is 20.8 Å². The standard InChI is InChI=1S/C33H32F4N6O4S/c1-32(2,47)21-15-25-26(16-24(21)39-29(45)23-4-3-5-27(38-23)33(35,36)37)48-30(40-25)18-8-11-42(12-9-18)17-19-6-7-20(14-22(19)34)43-13-10-28(44)41-31(43)46/h3-7,14-16,18,47H,8-13,17H2,1-2H3,(H,39,45)(H,41,44,46). The molecule has 15 heteroatoms. The molecule has 2 aromatic carbocycles. The summed E-state index contributed by atoms with van der Waals surface area (Å²) in [4.78, 5) is 48.3. The molecule has 0 radical (unpaired) electrons. The largest absolute Gasteiger partial charge is 0.433 e. The molecule has 2 saturated heterocycles. The van der Waals surface area contributed by atoms with E-state index in [2.05, 4.69) is 20.5 Å². The number of nitrogens with zero attached hydrogens (tertiary/aromatic N) is 4. The number of imide groups is 1. The zero-order valence-electron chi connectivity index (χ0n) is 26.0. The van der Waals surface area contributed by atoms with E-state index in [4.69, 9.17) is 4.98 Å². The summed E-state index contributed by atoms with van der Waals surface area (Å²) < 4.78 is 55.3. The lowest BCUT2D eigenvalue weighted by Gasteiger charge is -2.31. The van der Waals surface area contributed by atoms with Crippen LogP contribution < -0.4 is 15.5 Å². The number of rotatable bonds is 7. The van der Waals surface area contributed by atoms with Crippen molar-refractivity contribution in [3.05, 3.63) is 81.9 Å². The van der Waals surface area contributed by atoms with Gasteiger partial charge in [0.1, 0.15) is 17.2 Å². The number of carbonyl (C=O) groups excluding carboxylic acids is 3. The Labute approximate surface area is 276 Å². The van der Waals surface area contributed by atoms with Crippen molar-refractivity contribution in [1.29, 1.82) is 0 Å². The molecule has 10 nitrogen and oxygen atoms in total. The van der Waals surface area contributed by atoms with Gasteiger partial charge in [0.2, 0.25) is 5.91 Å². The number of urea groups is 1. The number of aromatic nitrogens is 2. The fraction of sp³-hybridized carbons (Fsp3) is 0.364. The molecule has 0 bridgehead atoms. The van der Waals surface area contributed by atoms with E-state index in [1.165, 1.54) is 42.2 Å². The fourth-order valence-electron chi connectivity index (χ4n) is 5.90. The van der Waals surface area contributed by atoms with Crippen molar-refractivity contribution in [2.45, 2.75) is 57.3 Å². The first-order chi connectivity index (χ1) is 22.7. The van der Waals surface area contributed by atoms with Gasteiger partial charge in [-0.3, -0.25) is 24.7 Å². The molecule has 0 aliphatic carbocycles. The topological polar surface area (TPSA) is 128 Å². The third kappa shape index (κ3) is 7.17. The molecule has 0 spiro atoms. The van der Waals surface area contributed by atoms with Crippen molar-refractivity contribution < 1.29 is 37.1 Å². The van der Waals surface area contributed by atoms with Gasteiger partial charge in [-0.05, 0) is 76.2 Å². The molecule has 4 aromatic rings. The molecule has 48 heavy (non-hydrogen) atoms. The van der Waals surface area contributed by atoms with Gasteiger partial charge in [0.15, 0.2) is 0 Å². The number of fused-ring (bicyclic) bond motifs is 1. The Bertz CT molecular complexity index is 1900. The molecule has 2 aliphatic rings. The van der Waals surface area contributed by atoms with E-state index in [0.29, 0.717) is 42.0 Å². The lowest BCUT2D eigenvalue weighted by atomic mass is 9.95. The number of piperidine rings is 1. The summed E-state index contributed by atoms with van der Waals surface area (Å²) in [5.41, 5.74) is -0.892. The van der Waals surface area contributed by atoms with E-state index in [-0.39, 0.29) is 30.5 Å². The van der Waals surface area contributed by atoms with Gasteiger partial charge in [0.25, 0.3) is 5.91 Å². The zero-order chi connectivity index (χ0) is 34.4. The Hall–Kier alpha value is -4.47. The van der Waals surface area contributed by atoms with E-state index in [0.717, 1.165) is 34.7 Å². The number of aliphatic hydroxyl groups is 1. The quantitative estimate of drug-likeness (QED) is 0.199. The number of carbonyl (C=O) groups is 3. The predicted octanol–water partition coefficient (Wildman–Crippen LogP) is 6.15. The van der Waals surface area contributed by atoms with Crippen molar-refractivity contribution in [3.63, 3.8) is 0 Å². The van der Waals surface area contributed by atoms with Gasteiger partial charge in [0, 0.05) is 47.9 Å². The Balaban J connectivity index is 1.14. The number of hydrogen-bond acceptors (Lipinski definition) is 8. The minimum Gasteiger partial charge on any atom is -0.386 e. The van der Waals surface area contributed by atoms with Gasteiger partial charge in [-0.15, -0.1) is 11.3 Å². The molecule has 2 aliphatic heterocycles. The molecule has 0 saturated carbocycles. The molecule has 2 fully saturated rings. The van der Waals surface area contributed by atoms with Gasteiger partial charge >= 0.3 is 12.2 Å². The second-order valence-electron chi connectivity index (χ2n) is 12.4. The summed E-state index contributed by atoms with van der Waals surface area (Å²) in [7, 11) is 0.